The molecule has 0 radical (unpaired) electrons. The van der Waals surface area contributed by atoms with Gasteiger partial charge in [-0.3, -0.25) is 19.2 Å². The molecule has 216 valence electrons. The monoisotopic (exact) mass is 561 g/mol. The summed E-state index contributed by atoms with van der Waals surface area (Å²) in [6, 6.07) is 5.79. The topological polar surface area (TPSA) is 131 Å². The Kier molecular flexibility index (Phi) is 7.89. The van der Waals surface area contributed by atoms with Gasteiger partial charge in [0.1, 0.15) is 18.1 Å². The van der Waals surface area contributed by atoms with Crippen LogP contribution in [0.3, 0.4) is 0 Å². The van der Waals surface area contributed by atoms with Crippen LogP contribution >= 0.6 is 0 Å². The average Bonchev–Trinajstić information content (AvgIpc) is 3.63. The van der Waals surface area contributed by atoms with Crippen LogP contribution in [0.1, 0.15) is 58.4 Å². The van der Waals surface area contributed by atoms with Gasteiger partial charge in [-0.25, -0.2) is 0 Å². The number of fused-ring (bicyclic) bond motifs is 1. The largest absolute Gasteiger partial charge is 0.471 e. The van der Waals surface area contributed by atoms with Crippen molar-refractivity contribution < 1.29 is 32.3 Å². The van der Waals surface area contributed by atoms with Gasteiger partial charge in [0.15, 0.2) is 0 Å². The number of likely N-dealkylation sites (tertiary alicyclic amines) is 1. The summed E-state index contributed by atoms with van der Waals surface area (Å²) in [6.07, 6.45) is -2.07. The molecule has 2 fully saturated rings. The Bertz CT molecular complexity index is 1230. The molecule has 0 aromatic heterocycles. The number of benzene rings is 1. The summed E-state index contributed by atoms with van der Waals surface area (Å²) < 4.78 is 39.1. The third kappa shape index (κ3) is 6.40. The van der Waals surface area contributed by atoms with Gasteiger partial charge in [0, 0.05) is 18.2 Å². The highest BCUT2D eigenvalue weighted by atomic mass is 19.4. The van der Waals surface area contributed by atoms with Crippen LogP contribution in [0, 0.1) is 28.1 Å². The highest BCUT2D eigenvalue weighted by Crippen LogP contribution is 2.55. The van der Waals surface area contributed by atoms with Gasteiger partial charge in [0.2, 0.25) is 17.7 Å². The van der Waals surface area contributed by atoms with Crippen LogP contribution in [-0.2, 0) is 25.6 Å². The van der Waals surface area contributed by atoms with Crippen LogP contribution in [0.5, 0.6) is 0 Å². The van der Waals surface area contributed by atoms with Gasteiger partial charge in [-0.05, 0) is 61.0 Å². The molecule has 1 aliphatic carbocycles. The second-order valence-corrected chi connectivity index (χ2v) is 12.2. The standard InChI is InChI=1S/C28H34F3N5O4/c1-26(2,3)21(35-25(40)28(29,30)31)24(39)36-11-10-27(8-9-27)14-20(36)23(38)33-18(15-32)13-17-12-16-6-4-5-7-19(16)34-22(17)37/h4-7,17-18,20-21H,8-14H2,1-3H3,(H,33,38)(H,34,37)(H,35,40). The molecule has 3 aliphatic rings. The Morgan fingerprint density at radius 1 is 1.15 bits per heavy atom. The molecule has 3 N–H and O–H groups in total. The summed E-state index contributed by atoms with van der Waals surface area (Å²) in [4.78, 5) is 52.8. The molecule has 0 bridgehead atoms. The van der Waals surface area contributed by atoms with Crippen LogP contribution in [0.4, 0.5) is 18.9 Å². The molecule has 1 spiro atoms. The van der Waals surface area contributed by atoms with Gasteiger partial charge in [-0.15, -0.1) is 0 Å². The number of nitrogens with zero attached hydrogens (tertiary/aromatic N) is 2. The Morgan fingerprint density at radius 3 is 2.42 bits per heavy atom. The molecule has 40 heavy (non-hydrogen) atoms. The van der Waals surface area contributed by atoms with Crippen LogP contribution in [0.25, 0.3) is 0 Å². The fourth-order valence-electron chi connectivity index (χ4n) is 5.59. The van der Waals surface area contributed by atoms with Gasteiger partial charge >= 0.3 is 12.1 Å². The fourth-order valence-corrected chi connectivity index (χ4v) is 5.59. The lowest BCUT2D eigenvalue weighted by Crippen LogP contribution is -2.63. The molecular formula is C28H34F3N5O4. The van der Waals surface area contributed by atoms with E-state index in [0.717, 1.165) is 18.4 Å². The average molecular weight is 562 g/mol. The van der Waals surface area contributed by atoms with E-state index in [1.54, 1.807) is 12.1 Å². The van der Waals surface area contributed by atoms with Gasteiger partial charge in [0.05, 0.1) is 6.07 Å². The number of halogens is 3. The Balaban J connectivity index is 1.50. The van der Waals surface area contributed by atoms with Crippen LogP contribution in [-0.4, -0.2) is 59.4 Å². The maximum atomic E-state index is 13.6. The molecule has 2 aliphatic heterocycles. The second kappa shape index (κ2) is 10.7. The molecule has 1 aromatic carbocycles. The number of carbonyl (C=O) groups excluding carboxylic acids is 4. The van der Waals surface area contributed by atoms with Crippen molar-refractivity contribution in [3.05, 3.63) is 29.8 Å². The Labute approximate surface area is 230 Å². The van der Waals surface area contributed by atoms with Crippen molar-refractivity contribution in [3.8, 4) is 6.07 Å². The van der Waals surface area contributed by atoms with Crippen LogP contribution < -0.4 is 16.0 Å². The molecule has 4 unspecified atom stereocenters. The predicted molar refractivity (Wildman–Crippen MR) is 138 cm³/mol. The summed E-state index contributed by atoms with van der Waals surface area (Å²) >= 11 is 0. The zero-order valence-electron chi connectivity index (χ0n) is 22.7. The van der Waals surface area contributed by atoms with Gasteiger partial charge in [0.25, 0.3) is 0 Å². The van der Waals surface area contributed by atoms with Crippen molar-refractivity contribution in [2.75, 3.05) is 11.9 Å². The molecule has 1 saturated carbocycles. The number of nitriles is 1. The van der Waals surface area contributed by atoms with E-state index in [1.807, 2.05) is 23.5 Å². The van der Waals surface area contributed by atoms with Crippen molar-refractivity contribution in [3.63, 3.8) is 0 Å². The van der Waals surface area contributed by atoms with E-state index in [4.69, 9.17) is 0 Å². The van der Waals surface area contributed by atoms with E-state index in [-0.39, 0.29) is 24.3 Å². The Hall–Kier alpha value is -3.62. The summed E-state index contributed by atoms with van der Waals surface area (Å²) in [6.45, 7) is 4.75. The normalized spacial score (nSPS) is 23.2. The summed E-state index contributed by atoms with van der Waals surface area (Å²) in [5.74, 6) is -4.42. The summed E-state index contributed by atoms with van der Waals surface area (Å²) in [5, 5.41) is 17.1. The van der Waals surface area contributed by atoms with E-state index in [9.17, 15) is 37.6 Å². The SMILES string of the molecule is CC(C)(C)C(NC(=O)C(F)(F)F)C(=O)N1CCC2(CC2)CC1C(=O)NC(C#N)CC1Cc2ccccc2NC1=O. The molecule has 4 atom stereocenters. The first-order chi connectivity index (χ1) is 18.6. The number of piperidine rings is 1. The molecule has 12 heteroatoms. The smallest absolute Gasteiger partial charge is 0.339 e. The minimum absolute atomic E-state index is 0.0560. The lowest BCUT2D eigenvalue weighted by atomic mass is 9.82. The third-order valence-corrected chi connectivity index (χ3v) is 8.18. The predicted octanol–water partition coefficient (Wildman–Crippen LogP) is 3.06. The maximum absolute atomic E-state index is 13.6. The van der Waals surface area contributed by atoms with E-state index >= 15 is 0 Å². The van der Waals surface area contributed by atoms with Crippen molar-refractivity contribution in [2.24, 2.45) is 16.7 Å². The van der Waals surface area contributed by atoms with Gasteiger partial charge in [-0.2, -0.15) is 18.4 Å². The lowest BCUT2D eigenvalue weighted by molar-refractivity contribution is -0.176. The highest BCUT2D eigenvalue weighted by Gasteiger charge is 2.53. The number of nitrogens with one attached hydrogen (secondary N) is 3. The fraction of sp³-hybridized carbons (Fsp3) is 0.607. The van der Waals surface area contributed by atoms with Crippen molar-refractivity contribution >= 4 is 29.3 Å². The van der Waals surface area contributed by atoms with E-state index in [0.29, 0.717) is 24.9 Å². The maximum Gasteiger partial charge on any atom is 0.471 e. The van der Waals surface area contributed by atoms with Crippen molar-refractivity contribution in [2.45, 2.75) is 83.6 Å². The zero-order valence-corrected chi connectivity index (χ0v) is 22.7. The van der Waals surface area contributed by atoms with Crippen LogP contribution in [0.15, 0.2) is 24.3 Å². The minimum atomic E-state index is -5.17. The molecule has 4 rings (SSSR count). The number of para-hydroxylation sites is 1. The number of carbonyl (C=O) groups is 4. The van der Waals surface area contributed by atoms with E-state index in [1.165, 1.54) is 25.7 Å². The third-order valence-electron chi connectivity index (χ3n) is 8.18. The van der Waals surface area contributed by atoms with Crippen LogP contribution in [0.2, 0.25) is 0 Å². The molecule has 9 nitrogen and oxygen atoms in total. The van der Waals surface area contributed by atoms with Crippen molar-refractivity contribution in [1.82, 2.24) is 15.5 Å². The van der Waals surface area contributed by atoms with E-state index in [2.05, 4.69) is 10.6 Å². The number of hydrogen-bond donors (Lipinski definition) is 3. The molecule has 1 saturated heterocycles. The van der Waals surface area contributed by atoms with Crippen molar-refractivity contribution in [1.29, 1.82) is 5.26 Å². The first-order valence-corrected chi connectivity index (χ1v) is 13.4. The number of anilines is 1. The molecule has 2 heterocycles. The van der Waals surface area contributed by atoms with Gasteiger partial charge in [-0.1, -0.05) is 39.0 Å². The number of hydrogen-bond acceptors (Lipinski definition) is 5. The summed E-state index contributed by atoms with van der Waals surface area (Å²) in [5.41, 5.74) is 0.427. The van der Waals surface area contributed by atoms with E-state index < -0.39 is 53.4 Å². The second-order valence-electron chi connectivity index (χ2n) is 12.2. The number of rotatable bonds is 6. The summed E-state index contributed by atoms with van der Waals surface area (Å²) in [7, 11) is 0. The molecular weight excluding hydrogens is 527 g/mol. The number of amides is 4. The zero-order chi connectivity index (χ0) is 29.5. The first-order valence-electron chi connectivity index (χ1n) is 13.4. The first kappa shape index (κ1) is 29.4. The lowest BCUT2D eigenvalue weighted by Gasteiger charge is -2.43. The van der Waals surface area contributed by atoms with Gasteiger partial charge < -0.3 is 20.9 Å². The molecule has 4 amide bonds. The minimum Gasteiger partial charge on any atom is -0.339 e. The molecule has 1 aromatic rings. The Morgan fingerprint density at radius 2 is 1.82 bits per heavy atom. The number of alkyl halides is 3. The highest BCUT2D eigenvalue weighted by molar-refractivity contribution is 5.96. The quantitative estimate of drug-likeness (QED) is 0.491.